The number of likely N-dealkylation sites (tertiary alicyclic amines) is 1. The molecule has 0 bridgehead atoms. The van der Waals surface area contributed by atoms with Gasteiger partial charge in [-0.2, -0.15) is 0 Å². The standard InChI is InChI=1S/C15H27NO3/c1-3-15(2)11-13(7-9-19-15)16-8-5-4-6-12(16)10-14(17)18/h12-13H,3-11H2,1-2H3,(H,17,18). The molecule has 4 nitrogen and oxygen atoms in total. The van der Waals surface area contributed by atoms with Crippen LogP contribution >= 0.6 is 0 Å². The molecule has 3 unspecified atom stereocenters. The molecule has 2 rings (SSSR count). The molecule has 2 aliphatic heterocycles. The molecule has 2 fully saturated rings. The summed E-state index contributed by atoms with van der Waals surface area (Å²) in [4.78, 5) is 13.5. The van der Waals surface area contributed by atoms with Gasteiger partial charge < -0.3 is 9.84 Å². The topological polar surface area (TPSA) is 49.8 Å². The molecule has 0 aromatic carbocycles. The number of hydrogen-bond acceptors (Lipinski definition) is 3. The van der Waals surface area contributed by atoms with Gasteiger partial charge in [0.15, 0.2) is 0 Å². The van der Waals surface area contributed by atoms with Gasteiger partial charge in [-0.15, -0.1) is 0 Å². The number of piperidine rings is 1. The highest BCUT2D eigenvalue weighted by Gasteiger charge is 2.38. The van der Waals surface area contributed by atoms with Gasteiger partial charge in [0, 0.05) is 18.7 Å². The first-order valence-corrected chi connectivity index (χ1v) is 7.65. The lowest BCUT2D eigenvalue weighted by atomic mass is 9.86. The monoisotopic (exact) mass is 269 g/mol. The van der Waals surface area contributed by atoms with E-state index in [2.05, 4.69) is 18.7 Å². The Kier molecular flexibility index (Phi) is 4.85. The molecule has 3 atom stereocenters. The second kappa shape index (κ2) is 6.23. The summed E-state index contributed by atoms with van der Waals surface area (Å²) < 4.78 is 5.91. The van der Waals surface area contributed by atoms with Crippen molar-refractivity contribution in [2.24, 2.45) is 0 Å². The molecule has 110 valence electrons. The van der Waals surface area contributed by atoms with E-state index >= 15 is 0 Å². The zero-order valence-corrected chi connectivity index (χ0v) is 12.2. The van der Waals surface area contributed by atoms with Crippen molar-refractivity contribution in [3.05, 3.63) is 0 Å². The normalized spacial score (nSPS) is 37.2. The second-order valence-electron chi connectivity index (χ2n) is 6.28. The molecule has 0 radical (unpaired) electrons. The zero-order valence-electron chi connectivity index (χ0n) is 12.2. The van der Waals surface area contributed by atoms with Crippen LogP contribution < -0.4 is 0 Å². The van der Waals surface area contributed by atoms with Crippen LogP contribution in [-0.4, -0.2) is 46.8 Å². The predicted molar refractivity (Wildman–Crippen MR) is 74.3 cm³/mol. The van der Waals surface area contributed by atoms with E-state index in [-0.39, 0.29) is 11.6 Å². The Morgan fingerprint density at radius 1 is 1.42 bits per heavy atom. The van der Waals surface area contributed by atoms with Gasteiger partial charge >= 0.3 is 5.97 Å². The summed E-state index contributed by atoms with van der Waals surface area (Å²) in [5.74, 6) is -0.665. The van der Waals surface area contributed by atoms with Crippen molar-refractivity contribution in [3.63, 3.8) is 0 Å². The number of carboxylic acids is 1. The van der Waals surface area contributed by atoms with E-state index in [9.17, 15) is 4.79 Å². The molecule has 0 aliphatic carbocycles. The number of rotatable bonds is 4. The summed E-state index contributed by atoms with van der Waals surface area (Å²) in [6.07, 6.45) is 6.82. The lowest BCUT2D eigenvalue weighted by Gasteiger charge is -2.47. The van der Waals surface area contributed by atoms with E-state index in [1.807, 2.05) is 0 Å². The SMILES string of the molecule is CCC1(C)CC(N2CCCCC2CC(=O)O)CCO1. The Morgan fingerprint density at radius 2 is 2.21 bits per heavy atom. The maximum Gasteiger partial charge on any atom is 0.304 e. The maximum absolute atomic E-state index is 11.0. The first-order chi connectivity index (χ1) is 9.04. The van der Waals surface area contributed by atoms with E-state index in [1.165, 1.54) is 12.8 Å². The molecule has 0 aromatic rings. The number of aliphatic carboxylic acids is 1. The van der Waals surface area contributed by atoms with Crippen LogP contribution in [0.5, 0.6) is 0 Å². The van der Waals surface area contributed by atoms with Crippen LogP contribution in [0.4, 0.5) is 0 Å². The average molecular weight is 269 g/mol. The largest absolute Gasteiger partial charge is 0.481 e. The van der Waals surface area contributed by atoms with Gasteiger partial charge in [0.1, 0.15) is 0 Å². The molecule has 0 amide bonds. The Balaban J connectivity index is 2.02. The molecule has 19 heavy (non-hydrogen) atoms. The summed E-state index contributed by atoms with van der Waals surface area (Å²) in [7, 11) is 0. The zero-order chi connectivity index (χ0) is 13.9. The van der Waals surface area contributed by atoms with Gasteiger partial charge in [0.25, 0.3) is 0 Å². The summed E-state index contributed by atoms with van der Waals surface area (Å²) in [6, 6.07) is 0.735. The minimum atomic E-state index is -0.665. The fourth-order valence-corrected chi connectivity index (χ4v) is 3.55. The molecule has 4 heteroatoms. The summed E-state index contributed by atoms with van der Waals surface area (Å²) in [5.41, 5.74) is -0.0197. The minimum absolute atomic E-state index is 0.0197. The predicted octanol–water partition coefficient (Wildman–Crippen LogP) is 2.66. The number of carbonyl (C=O) groups is 1. The van der Waals surface area contributed by atoms with Crippen LogP contribution in [0.15, 0.2) is 0 Å². The molecule has 2 saturated heterocycles. The quantitative estimate of drug-likeness (QED) is 0.852. The van der Waals surface area contributed by atoms with Gasteiger partial charge in [0.05, 0.1) is 12.0 Å². The van der Waals surface area contributed by atoms with E-state index in [4.69, 9.17) is 9.84 Å². The Morgan fingerprint density at radius 3 is 2.89 bits per heavy atom. The van der Waals surface area contributed by atoms with E-state index < -0.39 is 5.97 Å². The molecule has 0 aromatic heterocycles. The molecular weight excluding hydrogens is 242 g/mol. The molecular formula is C15H27NO3. The third-order valence-corrected chi connectivity index (χ3v) is 4.87. The second-order valence-corrected chi connectivity index (χ2v) is 6.28. The Labute approximate surface area is 116 Å². The number of hydrogen-bond donors (Lipinski definition) is 1. The fourth-order valence-electron chi connectivity index (χ4n) is 3.55. The van der Waals surface area contributed by atoms with Gasteiger partial charge in [-0.25, -0.2) is 0 Å². The van der Waals surface area contributed by atoms with E-state index in [0.717, 1.165) is 38.8 Å². The smallest absolute Gasteiger partial charge is 0.304 e. The van der Waals surface area contributed by atoms with Crippen molar-refractivity contribution in [3.8, 4) is 0 Å². The number of nitrogens with zero attached hydrogens (tertiary/aromatic N) is 1. The number of ether oxygens (including phenoxy) is 1. The third kappa shape index (κ3) is 3.69. The van der Waals surface area contributed by atoms with Gasteiger partial charge in [0.2, 0.25) is 0 Å². The minimum Gasteiger partial charge on any atom is -0.481 e. The number of carboxylic acid groups (broad SMARTS) is 1. The maximum atomic E-state index is 11.0. The van der Waals surface area contributed by atoms with Crippen LogP contribution in [0, 0.1) is 0 Å². The Hall–Kier alpha value is -0.610. The van der Waals surface area contributed by atoms with Gasteiger partial charge in [-0.05, 0) is 45.6 Å². The van der Waals surface area contributed by atoms with Crippen molar-refractivity contribution in [2.75, 3.05) is 13.2 Å². The van der Waals surface area contributed by atoms with Crippen molar-refractivity contribution < 1.29 is 14.6 Å². The van der Waals surface area contributed by atoms with Gasteiger partial charge in [-0.1, -0.05) is 13.3 Å². The highest BCUT2D eigenvalue weighted by Crippen LogP contribution is 2.34. The summed E-state index contributed by atoms with van der Waals surface area (Å²) in [6.45, 7) is 6.23. The van der Waals surface area contributed by atoms with Crippen molar-refractivity contribution in [1.29, 1.82) is 0 Å². The molecule has 0 saturated carbocycles. The highest BCUT2D eigenvalue weighted by molar-refractivity contribution is 5.67. The van der Waals surface area contributed by atoms with Crippen molar-refractivity contribution >= 4 is 5.97 Å². The van der Waals surface area contributed by atoms with Crippen LogP contribution in [0.25, 0.3) is 0 Å². The first kappa shape index (κ1) is 14.8. The Bertz CT molecular complexity index is 321. The average Bonchev–Trinajstić information content (AvgIpc) is 2.39. The molecule has 2 aliphatic rings. The van der Waals surface area contributed by atoms with Gasteiger partial charge in [-0.3, -0.25) is 9.69 Å². The van der Waals surface area contributed by atoms with Crippen LogP contribution in [0.2, 0.25) is 0 Å². The van der Waals surface area contributed by atoms with E-state index in [1.54, 1.807) is 0 Å². The van der Waals surface area contributed by atoms with Crippen molar-refractivity contribution in [2.45, 2.75) is 76.5 Å². The van der Waals surface area contributed by atoms with Crippen molar-refractivity contribution in [1.82, 2.24) is 4.90 Å². The van der Waals surface area contributed by atoms with E-state index in [0.29, 0.717) is 12.5 Å². The third-order valence-electron chi connectivity index (χ3n) is 4.87. The van der Waals surface area contributed by atoms with Crippen LogP contribution in [0.3, 0.4) is 0 Å². The fraction of sp³-hybridized carbons (Fsp3) is 0.933. The van der Waals surface area contributed by atoms with Crippen LogP contribution in [0.1, 0.15) is 58.8 Å². The highest BCUT2D eigenvalue weighted by atomic mass is 16.5. The lowest BCUT2D eigenvalue weighted by molar-refractivity contribution is -0.140. The summed E-state index contributed by atoms with van der Waals surface area (Å²) in [5, 5.41) is 9.08. The first-order valence-electron chi connectivity index (χ1n) is 7.65. The van der Waals surface area contributed by atoms with Crippen LogP contribution in [-0.2, 0) is 9.53 Å². The lowest BCUT2D eigenvalue weighted by Crippen LogP contribution is -2.52. The molecule has 0 spiro atoms. The molecule has 2 heterocycles. The summed E-state index contributed by atoms with van der Waals surface area (Å²) >= 11 is 0. The molecule has 1 N–H and O–H groups in total.